The number of amides is 2. The van der Waals surface area contributed by atoms with E-state index < -0.39 is 0 Å². The molecule has 0 bridgehead atoms. The average Bonchev–Trinajstić information content (AvgIpc) is 2.66. The summed E-state index contributed by atoms with van der Waals surface area (Å²) in [5.41, 5.74) is 2.09. The molecule has 3 N–H and O–H groups in total. The van der Waals surface area contributed by atoms with Gasteiger partial charge in [-0.25, -0.2) is 0 Å². The molecule has 0 unspecified atom stereocenters. The van der Waals surface area contributed by atoms with Crippen molar-refractivity contribution < 1.29 is 14.3 Å². The molecule has 2 aromatic carbocycles. The Morgan fingerprint density at radius 1 is 0.929 bits per heavy atom. The molecule has 0 fully saturated rings. The summed E-state index contributed by atoms with van der Waals surface area (Å²) in [6.07, 6.45) is 0. The number of anilines is 3. The van der Waals surface area contributed by atoms with Crippen molar-refractivity contribution in [2.45, 2.75) is 27.7 Å². The zero-order chi connectivity index (χ0) is 20.5. The quantitative estimate of drug-likeness (QED) is 0.601. The van der Waals surface area contributed by atoms with Crippen LogP contribution in [-0.2, 0) is 9.59 Å². The number of hydrogen-bond acceptors (Lipinski definition) is 4. The fraction of sp³-hybridized carbons (Fsp3) is 0.364. The highest BCUT2D eigenvalue weighted by Crippen LogP contribution is 2.24. The molecule has 6 nitrogen and oxygen atoms in total. The predicted molar refractivity (Wildman–Crippen MR) is 114 cm³/mol. The predicted octanol–water partition coefficient (Wildman–Crippen LogP) is 4.37. The minimum Gasteiger partial charge on any atom is -0.491 e. The first-order valence-corrected chi connectivity index (χ1v) is 9.51. The Balaban J connectivity index is 1.92. The van der Waals surface area contributed by atoms with Crippen LogP contribution in [0.1, 0.15) is 27.7 Å². The molecule has 0 aliphatic rings. The fourth-order valence-corrected chi connectivity index (χ4v) is 2.32. The third-order valence-corrected chi connectivity index (χ3v) is 3.84. The van der Waals surface area contributed by atoms with Crippen molar-refractivity contribution in [3.63, 3.8) is 0 Å². The second-order valence-electron chi connectivity index (χ2n) is 7.33. The van der Waals surface area contributed by atoms with Gasteiger partial charge in [0.2, 0.25) is 11.8 Å². The number of carbonyl (C=O) groups is 2. The Hall–Kier alpha value is -3.02. The number of rotatable bonds is 9. The Labute approximate surface area is 166 Å². The molecule has 0 saturated heterocycles. The summed E-state index contributed by atoms with van der Waals surface area (Å²) >= 11 is 0. The van der Waals surface area contributed by atoms with Crippen LogP contribution in [0.3, 0.4) is 0 Å². The highest BCUT2D eigenvalue weighted by molar-refractivity contribution is 5.95. The van der Waals surface area contributed by atoms with Gasteiger partial charge in [0, 0.05) is 17.3 Å². The second kappa shape index (κ2) is 10.3. The van der Waals surface area contributed by atoms with Gasteiger partial charge in [-0.15, -0.1) is 0 Å². The van der Waals surface area contributed by atoms with Crippen molar-refractivity contribution in [2.75, 3.05) is 29.1 Å². The van der Waals surface area contributed by atoms with Crippen LogP contribution in [0.2, 0.25) is 0 Å². The third kappa shape index (κ3) is 6.95. The van der Waals surface area contributed by atoms with Crippen LogP contribution in [0.5, 0.6) is 5.75 Å². The molecule has 2 rings (SSSR count). The van der Waals surface area contributed by atoms with Gasteiger partial charge in [-0.1, -0.05) is 45.9 Å². The van der Waals surface area contributed by atoms with E-state index in [0.29, 0.717) is 29.6 Å². The summed E-state index contributed by atoms with van der Waals surface area (Å²) in [6.45, 7) is 8.50. The molecule has 0 radical (unpaired) electrons. The summed E-state index contributed by atoms with van der Waals surface area (Å²) in [5.74, 6) is 0.724. The first-order chi connectivity index (χ1) is 13.3. The van der Waals surface area contributed by atoms with Crippen LogP contribution < -0.4 is 20.7 Å². The molecule has 0 saturated carbocycles. The number of para-hydroxylation sites is 2. The topological polar surface area (TPSA) is 79.5 Å². The highest BCUT2D eigenvalue weighted by Gasteiger charge is 2.10. The van der Waals surface area contributed by atoms with Gasteiger partial charge >= 0.3 is 0 Å². The van der Waals surface area contributed by atoms with E-state index in [9.17, 15) is 9.59 Å². The van der Waals surface area contributed by atoms with Gasteiger partial charge in [0.05, 0.1) is 18.8 Å². The van der Waals surface area contributed by atoms with E-state index >= 15 is 0 Å². The smallest absolute Gasteiger partial charge is 0.243 e. The van der Waals surface area contributed by atoms with Crippen molar-refractivity contribution in [3.05, 3.63) is 48.5 Å². The van der Waals surface area contributed by atoms with Gasteiger partial charge in [0.15, 0.2) is 0 Å². The van der Waals surface area contributed by atoms with Crippen molar-refractivity contribution in [3.8, 4) is 5.75 Å². The molecule has 0 atom stereocenters. The Kier molecular flexibility index (Phi) is 7.87. The fourth-order valence-electron chi connectivity index (χ4n) is 2.32. The van der Waals surface area contributed by atoms with Gasteiger partial charge in [0.1, 0.15) is 5.75 Å². The Morgan fingerprint density at radius 2 is 1.64 bits per heavy atom. The largest absolute Gasteiger partial charge is 0.491 e. The second-order valence-corrected chi connectivity index (χ2v) is 7.33. The van der Waals surface area contributed by atoms with E-state index in [1.165, 1.54) is 0 Å². The molecular weight excluding hydrogens is 354 g/mol. The van der Waals surface area contributed by atoms with Crippen molar-refractivity contribution in [2.24, 2.45) is 11.8 Å². The van der Waals surface area contributed by atoms with Crippen molar-refractivity contribution in [1.82, 2.24) is 0 Å². The van der Waals surface area contributed by atoms with Crippen molar-refractivity contribution in [1.29, 1.82) is 0 Å². The van der Waals surface area contributed by atoms with Crippen LogP contribution in [0.15, 0.2) is 48.5 Å². The van der Waals surface area contributed by atoms with Gasteiger partial charge in [-0.3, -0.25) is 9.59 Å². The summed E-state index contributed by atoms with van der Waals surface area (Å²) < 4.78 is 5.76. The van der Waals surface area contributed by atoms with E-state index in [2.05, 4.69) is 29.8 Å². The lowest BCUT2D eigenvalue weighted by atomic mass is 10.2. The number of hydrogen-bond donors (Lipinski definition) is 3. The van der Waals surface area contributed by atoms with Gasteiger partial charge in [-0.05, 0) is 36.2 Å². The molecule has 28 heavy (non-hydrogen) atoms. The molecular formula is C22H29N3O3. The van der Waals surface area contributed by atoms with E-state index in [1.54, 1.807) is 6.07 Å². The summed E-state index contributed by atoms with van der Waals surface area (Å²) in [6, 6.07) is 14.7. The van der Waals surface area contributed by atoms with Crippen LogP contribution in [0.4, 0.5) is 17.1 Å². The number of benzene rings is 2. The maximum absolute atomic E-state index is 12.3. The number of carbonyl (C=O) groups excluding carboxylic acids is 2. The maximum atomic E-state index is 12.3. The zero-order valence-corrected chi connectivity index (χ0v) is 16.9. The van der Waals surface area contributed by atoms with Crippen LogP contribution in [0, 0.1) is 11.8 Å². The van der Waals surface area contributed by atoms with E-state index in [-0.39, 0.29) is 24.3 Å². The van der Waals surface area contributed by atoms with Gasteiger partial charge in [0.25, 0.3) is 0 Å². The third-order valence-electron chi connectivity index (χ3n) is 3.84. The lowest BCUT2D eigenvalue weighted by molar-refractivity contribution is -0.119. The van der Waals surface area contributed by atoms with Crippen LogP contribution in [-0.4, -0.2) is 25.0 Å². The molecule has 0 heterocycles. The SMILES string of the molecule is CC(C)COc1ccccc1NC(=O)CNc1cccc(NC(=O)C(C)C)c1. The summed E-state index contributed by atoms with van der Waals surface area (Å²) in [7, 11) is 0. The summed E-state index contributed by atoms with van der Waals surface area (Å²) in [5, 5.41) is 8.79. The molecule has 6 heteroatoms. The molecule has 2 amide bonds. The monoisotopic (exact) mass is 383 g/mol. The highest BCUT2D eigenvalue weighted by atomic mass is 16.5. The lowest BCUT2D eigenvalue weighted by Gasteiger charge is -2.14. The minimum absolute atomic E-state index is 0.0482. The molecule has 0 aromatic heterocycles. The van der Waals surface area contributed by atoms with Gasteiger partial charge < -0.3 is 20.7 Å². The maximum Gasteiger partial charge on any atom is 0.243 e. The molecule has 2 aromatic rings. The normalized spacial score (nSPS) is 10.6. The molecule has 0 spiro atoms. The van der Waals surface area contributed by atoms with Crippen molar-refractivity contribution >= 4 is 28.9 Å². The first-order valence-electron chi connectivity index (χ1n) is 9.51. The number of ether oxygens (including phenoxy) is 1. The average molecular weight is 383 g/mol. The number of nitrogens with one attached hydrogen (secondary N) is 3. The standard InChI is InChI=1S/C22H29N3O3/c1-15(2)14-28-20-11-6-5-10-19(20)25-21(26)13-23-17-8-7-9-18(12-17)24-22(27)16(3)4/h5-12,15-16,23H,13-14H2,1-4H3,(H,24,27)(H,25,26). The Morgan fingerprint density at radius 3 is 2.36 bits per heavy atom. The summed E-state index contributed by atoms with van der Waals surface area (Å²) in [4.78, 5) is 24.1. The Bertz CT molecular complexity index is 803. The molecule has 0 aliphatic heterocycles. The van der Waals surface area contributed by atoms with E-state index in [0.717, 1.165) is 5.69 Å². The van der Waals surface area contributed by atoms with Crippen LogP contribution in [0.25, 0.3) is 0 Å². The minimum atomic E-state index is -0.183. The lowest BCUT2D eigenvalue weighted by Crippen LogP contribution is -2.22. The molecule has 0 aliphatic carbocycles. The molecule has 150 valence electrons. The van der Waals surface area contributed by atoms with Crippen LogP contribution >= 0.6 is 0 Å². The zero-order valence-electron chi connectivity index (χ0n) is 16.9. The first kappa shape index (κ1) is 21.3. The van der Waals surface area contributed by atoms with Gasteiger partial charge in [-0.2, -0.15) is 0 Å². The van der Waals surface area contributed by atoms with E-state index in [1.807, 2.05) is 56.3 Å². The van der Waals surface area contributed by atoms with E-state index in [4.69, 9.17) is 4.74 Å².